The standard InChI is InChI=1S/C20H21F3N6O/c1-25-17-12-7-8-14(26-18(12)28-19(24)27-17)16-13(20(21,22)23)5-2-6-15(16)29-9-3-4-11(29)10-30/h2,5-8,11,30H,3-4,9-10H2,1H3,(H3,24,25,26,27,28). The average Bonchev–Trinajstić information content (AvgIpc) is 3.20. The Hall–Kier alpha value is -3.14. The molecule has 10 heteroatoms. The molecule has 4 rings (SSSR count). The SMILES string of the molecule is CNc1nc(N)nc2nc(-c3c(N4CCCC4CO)cccc3C(F)(F)F)ccc12. The lowest BCUT2D eigenvalue weighted by molar-refractivity contribution is -0.137. The number of aliphatic hydroxyl groups is 1. The van der Waals surface area contributed by atoms with Crippen molar-refractivity contribution in [1.29, 1.82) is 0 Å². The van der Waals surface area contributed by atoms with Gasteiger partial charge in [-0.05, 0) is 37.1 Å². The van der Waals surface area contributed by atoms with Crippen LogP contribution in [0.3, 0.4) is 0 Å². The fourth-order valence-electron chi connectivity index (χ4n) is 3.98. The van der Waals surface area contributed by atoms with Gasteiger partial charge in [0.2, 0.25) is 5.95 Å². The van der Waals surface area contributed by atoms with Crippen LogP contribution in [-0.2, 0) is 6.18 Å². The number of nitrogen functional groups attached to an aromatic ring is 1. The zero-order valence-electron chi connectivity index (χ0n) is 16.2. The smallest absolute Gasteiger partial charge is 0.394 e. The topological polar surface area (TPSA) is 100 Å². The van der Waals surface area contributed by atoms with Gasteiger partial charge in [0.25, 0.3) is 0 Å². The van der Waals surface area contributed by atoms with Gasteiger partial charge in [0, 0.05) is 24.8 Å². The van der Waals surface area contributed by atoms with E-state index in [1.807, 2.05) is 4.90 Å². The van der Waals surface area contributed by atoms with Crippen molar-refractivity contribution >= 4 is 28.5 Å². The molecule has 30 heavy (non-hydrogen) atoms. The Kier molecular flexibility index (Phi) is 5.10. The van der Waals surface area contributed by atoms with Gasteiger partial charge < -0.3 is 21.1 Å². The number of fused-ring (bicyclic) bond motifs is 1. The van der Waals surface area contributed by atoms with Crippen molar-refractivity contribution in [2.45, 2.75) is 25.1 Å². The highest BCUT2D eigenvalue weighted by atomic mass is 19.4. The van der Waals surface area contributed by atoms with E-state index < -0.39 is 11.7 Å². The van der Waals surface area contributed by atoms with Crippen molar-refractivity contribution in [3.63, 3.8) is 0 Å². The van der Waals surface area contributed by atoms with E-state index in [-0.39, 0.29) is 35.5 Å². The molecule has 3 heterocycles. The highest BCUT2D eigenvalue weighted by Crippen LogP contribution is 2.43. The lowest BCUT2D eigenvalue weighted by atomic mass is 9.99. The molecule has 1 aromatic carbocycles. The van der Waals surface area contributed by atoms with Crippen LogP contribution in [0, 0.1) is 0 Å². The number of nitrogens with one attached hydrogen (secondary N) is 1. The second-order valence-electron chi connectivity index (χ2n) is 7.12. The fourth-order valence-corrected chi connectivity index (χ4v) is 3.98. The van der Waals surface area contributed by atoms with Gasteiger partial charge >= 0.3 is 6.18 Å². The molecule has 0 aliphatic carbocycles. The van der Waals surface area contributed by atoms with E-state index in [1.54, 1.807) is 19.2 Å². The number of nitrogens with two attached hydrogens (primary N) is 1. The maximum atomic E-state index is 13.9. The van der Waals surface area contributed by atoms with Crippen molar-refractivity contribution in [2.24, 2.45) is 0 Å². The highest BCUT2D eigenvalue weighted by molar-refractivity contribution is 5.91. The number of hydrogen-bond donors (Lipinski definition) is 3. The maximum absolute atomic E-state index is 13.9. The van der Waals surface area contributed by atoms with Crippen LogP contribution in [0.2, 0.25) is 0 Å². The number of alkyl halides is 3. The van der Waals surface area contributed by atoms with Gasteiger partial charge in [-0.2, -0.15) is 23.1 Å². The van der Waals surface area contributed by atoms with Crippen LogP contribution in [0.25, 0.3) is 22.3 Å². The summed E-state index contributed by atoms with van der Waals surface area (Å²) in [5, 5.41) is 13.1. The van der Waals surface area contributed by atoms with E-state index in [4.69, 9.17) is 5.73 Å². The van der Waals surface area contributed by atoms with Crippen molar-refractivity contribution in [3.05, 3.63) is 35.9 Å². The predicted octanol–water partition coefficient (Wildman–Crippen LogP) is 3.30. The van der Waals surface area contributed by atoms with Crippen LogP contribution in [0.1, 0.15) is 18.4 Å². The Morgan fingerprint density at radius 3 is 2.70 bits per heavy atom. The van der Waals surface area contributed by atoms with E-state index in [2.05, 4.69) is 20.3 Å². The molecule has 1 atom stereocenters. The molecule has 0 amide bonds. The van der Waals surface area contributed by atoms with Crippen LogP contribution in [0.4, 0.5) is 30.6 Å². The Labute approximate surface area is 170 Å². The largest absolute Gasteiger partial charge is 0.417 e. The van der Waals surface area contributed by atoms with E-state index >= 15 is 0 Å². The van der Waals surface area contributed by atoms with Gasteiger partial charge in [0.1, 0.15) is 5.82 Å². The van der Waals surface area contributed by atoms with Crippen molar-refractivity contribution in [1.82, 2.24) is 15.0 Å². The molecule has 3 aromatic rings. The van der Waals surface area contributed by atoms with E-state index in [0.29, 0.717) is 29.9 Å². The molecule has 1 unspecified atom stereocenters. The Balaban J connectivity index is 1.97. The molecule has 0 saturated carbocycles. The van der Waals surface area contributed by atoms with Crippen LogP contribution in [-0.4, -0.2) is 46.3 Å². The number of pyridine rings is 1. The zero-order chi connectivity index (χ0) is 21.5. The summed E-state index contributed by atoms with van der Waals surface area (Å²) in [5.74, 6) is 0.418. The number of halogens is 3. The Bertz CT molecular complexity index is 1090. The fraction of sp³-hybridized carbons (Fsp3) is 0.350. The summed E-state index contributed by atoms with van der Waals surface area (Å²) in [7, 11) is 1.66. The number of nitrogens with zero attached hydrogens (tertiary/aromatic N) is 4. The second kappa shape index (κ2) is 7.60. The second-order valence-corrected chi connectivity index (χ2v) is 7.12. The zero-order valence-corrected chi connectivity index (χ0v) is 16.2. The summed E-state index contributed by atoms with van der Waals surface area (Å²) in [4.78, 5) is 14.4. The summed E-state index contributed by atoms with van der Waals surface area (Å²) in [6, 6.07) is 6.99. The molecule has 1 fully saturated rings. The molecular formula is C20H21F3N6O. The molecule has 0 spiro atoms. The van der Waals surface area contributed by atoms with E-state index in [0.717, 1.165) is 12.5 Å². The minimum Gasteiger partial charge on any atom is -0.394 e. The average molecular weight is 418 g/mol. The lowest BCUT2D eigenvalue weighted by Crippen LogP contribution is -2.32. The molecule has 1 aliphatic rings. The molecule has 1 saturated heterocycles. The van der Waals surface area contributed by atoms with Gasteiger partial charge in [-0.15, -0.1) is 0 Å². The molecule has 0 radical (unpaired) electrons. The molecule has 2 aromatic heterocycles. The first-order valence-electron chi connectivity index (χ1n) is 9.53. The van der Waals surface area contributed by atoms with Crippen molar-refractivity contribution < 1.29 is 18.3 Å². The van der Waals surface area contributed by atoms with Gasteiger partial charge in [-0.25, -0.2) is 4.98 Å². The predicted molar refractivity (Wildman–Crippen MR) is 109 cm³/mol. The van der Waals surface area contributed by atoms with Crippen LogP contribution in [0.15, 0.2) is 30.3 Å². The normalized spacial score (nSPS) is 17.0. The summed E-state index contributed by atoms with van der Waals surface area (Å²) in [6.45, 7) is 0.433. The summed E-state index contributed by atoms with van der Waals surface area (Å²) >= 11 is 0. The minimum absolute atomic E-state index is 0.0271. The summed E-state index contributed by atoms with van der Waals surface area (Å²) in [6.07, 6.45) is -3.06. The maximum Gasteiger partial charge on any atom is 0.417 e. The van der Waals surface area contributed by atoms with Crippen molar-refractivity contribution in [2.75, 3.05) is 36.1 Å². The number of anilines is 3. The quantitative estimate of drug-likeness (QED) is 0.598. The number of hydrogen-bond acceptors (Lipinski definition) is 7. The molecule has 158 valence electrons. The molecule has 7 nitrogen and oxygen atoms in total. The number of aliphatic hydroxyl groups excluding tert-OH is 1. The molecule has 4 N–H and O–H groups in total. The first-order chi connectivity index (χ1) is 14.3. The van der Waals surface area contributed by atoms with Crippen LogP contribution in [0.5, 0.6) is 0 Å². The number of rotatable bonds is 4. The first kappa shape index (κ1) is 20.1. The third-order valence-electron chi connectivity index (χ3n) is 5.32. The van der Waals surface area contributed by atoms with Crippen LogP contribution < -0.4 is 16.0 Å². The lowest BCUT2D eigenvalue weighted by Gasteiger charge is -2.29. The highest BCUT2D eigenvalue weighted by Gasteiger charge is 2.37. The van der Waals surface area contributed by atoms with Gasteiger partial charge in [-0.1, -0.05) is 6.07 Å². The third-order valence-corrected chi connectivity index (χ3v) is 5.32. The molecular weight excluding hydrogens is 397 g/mol. The monoisotopic (exact) mass is 418 g/mol. The van der Waals surface area contributed by atoms with Gasteiger partial charge in [0.15, 0.2) is 5.65 Å². The van der Waals surface area contributed by atoms with E-state index in [1.165, 1.54) is 12.1 Å². The van der Waals surface area contributed by atoms with E-state index in [9.17, 15) is 18.3 Å². The Morgan fingerprint density at radius 1 is 1.20 bits per heavy atom. The molecule has 1 aliphatic heterocycles. The number of benzene rings is 1. The Morgan fingerprint density at radius 2 is 2.00 bits per heavy atom. The summed E-state index contributed by atoms with van der Waals surface area (Å²) < 4.78 is 41.8. The van der Waals surface area contributed by atoms with Gasteiger partial charge in [-0.3, -0.25) is 0 Å². The number of aromatic nitrogens is 3. The van der Waals surface area contributed by atoms with Crippen molar-refractivity contribution in [3.8, 4) is 11.3 Å². The van der Waals surface area contributed by atoms with Crippen LogP contribution >= 0.6 is 0 Å². The molecule has 0 bridgehead atoms. The van der Waals surface area contributed by atoms with Gasteiger partial charge in [0.05, 0.1) is 29.3 Å². The summed E-state index contributed by atoms with van der Waals surface area (Å²) in [5.41, 5.74) is 5.65. The minimum atomic E-state index is -4.57. The first-order valence-corrected chi connectivity index (χ1v) is 9.53. The third kappa shape index (κ3) is 3.47.